The number of nitrogens with zero attached hydrogens (tertiary/aromatic N) is 5. The van der Waals surface area contributed by atoms with Gasteiger partial charge in [0.15, 0.2) is 5.82 Å². The van der Waals surface area contributed by atoms with Gasteiger partial charge in [-0.1, -0.05) is 11.6 Å². The van der Waals surface area contributed by atoms with Gasteiger partial charge >= 0.3 is 0 Å². The van der Waals surface area contributed by atoms with Crippen LogP contribution in [-0.2, 0) is 11.3 Å². The van der Waals surface area contributed by atoms with Crippen molar-refractivity contribution in [3.8, 4) is 0 Å². The smallest absolute Gasteiger partial charge is 0.156 e. The predicted molar refractivity (Wildman–Crippen MR) is 97.3 cm³/mol. The van der Waals surface area contributed by atoms with Gasteiger partial charge in [0.05, 0.1) is 0 Å². The van der Waals surface area contributed by atoms with Crippen molar-refractivity contribution >= 4 is 34.2 Å². The molecule has 8 nitrogen and oxygen atoms in total. The quantitative estimate of drug-likeness (QED) is 0.608. The maximum atomic E-state index is 11.5. The summed E-state index contributed by atoms with van der Waals surface area (Å²) in [7, 11) is 0. The summed E-state index contributed by atoms with van der Waals surface area (Å²) in [5.74, 6) is 0.902. The molecule has 2 aliphatic carbocycles. The van der Waals surface area contributed by atoms with Crippen molar-refractivity contribution in [2.45, 2.75) is 44.7 Å². The molecule has 3 heterocycles. The molecule has 0 amide bonds. The first-order chi connectivity index (χ1) is 12.5. The summed E-state index contributed by atoms with van der Waals surface area (Å²) >= 11 is 4.01. The minimum atomic E-state index is -2.22. The molecule has 0 radical (unpaired) electrons. The van der Waals surface area contributed by atoms with E-state index in [9.17, 15) is 8.76 Å². The molecule has 1 N–H and O–H groups in total. The standard InChI is InChI=1S/C16H21ClN6O2S/c1-10-4-13(17)22-14(10)15(18-9-19-22)21-7-16(8-21)5-12(6-16)23(26(24)25)20-11-2-3-11/h4,9,11-12,20H,2-3,5-8H2,1H3,(H,24,25)/p-1. The summed E-state index contributed by atoms with van der Waals surface area (Å²) < 4.78 is 26.2. The lowest BCUT2D eigenvalue weighted by Crippen LogP contribution is -2.68. The number of aryl methyl sites for hydroxylation is 1. The van der Waals surface area contributed by atoms with Crippen LogP contribution in [0.1, 0.15) is 31.2 Å². The highest BCUT2D eigenvalue weighted by atomic mass is 35.5. The van der Waals surface area contributed by atoms with E-state index >= 15 is 0 Å². The van der Waals surface area contributed by atoms with Crippen LogP contribution < -0.4 is 10.3 Å². The minimum absolute atomic E-state index is 0.0611. The van der Waals surface area contributed by atoms with Crippen molar-refractivity contribution in [1.82, 2.24) is 24.4 Å². The zero-order chi connectivity index (χ0) is 18.1. The van der Waals surface area contributed by atoms with E-state index in [-0.39, 0.29) is 11.5 Å². The van der Waals surface area contributed by atoms with Crippen molar-refractivity contribution in [1.29, 1.82) is 0 Å². The number of anilines is 1. The lowest BCUT2D eigenvalue weighted by Gasteiger charge is -2.61. The van der Waals surface area contributed by atoms with E-state index in [0.29, 0.717) is 11.2 Å². The first kappa shape index (κ1) is 16.9. The van der Waals surface area contributed by atoms with Crippen LogP contribution in [0, 0.1) is 12.3 Å². The molecule has 2 aromatic rings. The van der Waals surface area contributed by atoms with Crippen LogP contribution >= 0.6 is 11.6 Å². The predicted octanol–water partition coefficient (Wildman–Crippen LogP) is 1.42. The Balaban J connectivity index is 1.28. The third kappa shape index (κ3) is 2.65. The van der Waals surface area contributed by atoms with Crippen molar-refractivity contribution in [2.75, 3.05) is 18.0 Å². The monoisotopic (exact) mass is 395 g/mol. The second-order valence-corrected chi connectivity index (χ2v) is 9.07. The Hall–Kier alpha value is -1.26. The van der Waals surface area contributed by atoms with E-state index in [2.05, 4.69) is 20.4 Å². The summed E-state index contributed by atoms with van der Waals surface area (Å²) in [5, 5.41) is 4.81. The molecule has 0 bridgehead atoms. The van der Waals surface area contributed by atoms with E-state index in [1.54, 1.807) is 4.52 Å². The van der Waals surface area contributed by atoms with Gasteiger partial charge in [-0.3, -0.25) is 4.21 Å². The fraction of sp³-hybridized carbons (Fsp3) is 0.625. The maximum Gasteiger partial charge on any atom is 0.156 e. The Morgan fingerprint density at radius 2 is 2.15 bits per heavy atom. The first-order valence-electron chi connectivity index (χ1n) is 8.84. The number of hydrazine groups is 1. The highest BCUT2D eigenvalue weighted by molar-refractivity contribution is 7.76. The molecular formula is C16H20ClN6O2S-. The second-order valence-electron chi connectivity index (χ2n) is 7.86. The largest absolute Gasteiger partial charge is 0.759 e. The van der Waals surface area contributed by atoms with Crippen LogP contribution in [0.5, 0.6) is 0 Å². The van der Waals surface area contributed by atoms with Gasteiger partial charge in [0.25, 0.3) is 0 Å². The molecule has 1 aliphatic heterocycles. The highest BCUT2D eigenvalue weighted by Gasteiger charge is 2.55. The van der Waals surface area contributed by atoms with Gasteiger partial charge in [0.1, 0.15) is 17.0 Å². The molecule has 5 rings (SSSR count). The van der Waals surface area contributed by atoms with Crippen LogP contribution in [0.2, 0.25) is 5.15 Å². The topological polar surface area (TPSA) is 88.8 Å². The molecule has 0 aromatic carbocycles. The van der Waals surface area contributed by atoms with Crippen molar-refractivity contribution in [2.24, 2.45) is 5.41 Å². The normalized spacial score (nSPS) is 23.5. The molecule has 1 atom stereocenters. The average molecular weight is 396 g/mol. The van der Waals surface area contributed by atoms with Gasteiger partial charge in [0.2, 0.25) is 0 Å². The molecular weight excluding hydrogens is 376 g/mol. The molecule has 26 heavy (non-hydrogen) atoms. The number of hydrogen-bond donors (Lipinski definition) is 1. The summed E-state index contributed by atoms with van der Waals surface area (Å²) in [6.07, 6.45) is 5.42. The fourth-order valence-corrected chi connectivity index (χ4v) is 5.25. The van der Waals surface area contributed by atoms with Crippen LogP contribution in [0.25, 0.3) is 5.52 Å². The highest BCUT2D eigenvalue weighted by Crippen LogP contribution is 2.51. The Kier molecular flexibility index (Phi) is 3.81. The van der Waals surface area contributed by atoms with E-state index in [4.69, 9.17) is 11.6 Å². The lowest BCUT2D eigenvalue weighted by atomic mass is 9.61. The molecule has 10 heteroatoms. The van der Waals surface area contributed by atoms with Gasteiger partial charge in [-0.2, -0.15) is 9.51 Å². The fourth-order valence-electron chi connectivity index (χ4n) is 4.33. The van der Waals surface area contributed by atoms with E-state index < -0.39 is 11.3 Å². The molecule has 1 unspecified atom stereocenters. The number of hydrogen-bond acceptors (Lipinski definition) is 6. The average Bonchev–Trinajstić information content (AvgIpc) is 3.29. The van der Waals surface area contributed by atoms with Gasteiger partial charge < -0.3 is 9.45 Å². The Labute approximate surface area is 158 Å². The number of nitrogens with one attached hydrogen (secondary N) is 1. The van der Waals surface area contributed by atoms with E-state index in [0.717, 1.165) is 55.7 Å². The Bertz CT molecular complexity index is 886. The van der Waals surface area contributed by atoms with Gasteiger partial charge in [-0.25, -0.2) is 14.9 Å². The minimum Gasteiger partial charge on any atom is -0.759 e. The van der Waals surface area contributed by atoms with Crippen LogP contribution in [0.15, 0.2) is 12.4 Å². The third-order valence-corrected chi connectivity index (χ3v) is 6.74. The molecule has 1 spiro atoms. The van der Waals surface area contributed by atoms with Crippen LogP contribution in [-0.4, -0.2) is 52.9 Å². The van der Waals surface area contributed by atoms with Gasteiger partial charge in [-0.15, -0.1) is 0 Å². The second kappa shape index (κ2) is 5.87. The number of aromatic nitrogens is 3. The molecule has 140 valence electrons. The Morgan fingerprint density at radius 1 is 1.42 bits per heavy atom. The van der Waals surface area contributed by atoms with Crippen molar-refractivity contribution in [3.63, 3.8) is 0 Å². The molecule has 3 fully saturated rings. The zero-order valence-corrected chi connectivity index (χ0v) is 16.0. The lowest BCUT2D eigenvalue weighted by molar-refractivity contribution is -0.00408. The number of rotatable bonds is 5. The maximum absolute atomic E-state index is 11.5. The summed E-state index contributed by atoms with van der Waals surface area (Å²) in [4.78, 5) is 6.71. The summed E-state index contributed by atoms with van der Waals surface area (Å²) in [5.41, 5.74) is 5.32. The van der Waals surface area contributed by atoms with Gasteiger partial charge in [0, 0.05) is 41.9 Å². The van der Waals surface area contributed by atoms with Crippen LogP contribution in [0.4, 0.5) is 5.82 Å². The molecule has 2 aromatic heterocycles. The van der Waals surface area contributed by atoms with Crippen LogP contribution in [0.3, 0.4) is 0 Å². The zero-order valence-electron chi connectivity index (χ0n) is 14.4. The Morgan fingerprint density at radius 3 is 2.81 bits per heavy atom. The van der Waals surface area contributed by atoms with Crippen molar-refractivity contribution < 1.29 is 8.76 Å². The van der Waals surface area contributed by atoms with E-state index in [1.807, 2.05) is 13.0 Å². The first-order valence-corrected chi connectivity index (χ1v) is 10.3. The molecule has 1 saturated heterocycles. The van der Waals surface area contributed by atoms with Gasteiger partial charge in [-0.05, 0) is 44.2 Å². The van der Waals surface area contributed by atoms with Crippen molar-refractivity contribution in [3.05, 3.63) is 23.1 Å². The molecule has 3 aliphatic rings. The number of halogens is 1. The molecule has 2 saturated carbocycles. The third-order valence-electron chi connectivity index (χ3n) is 5.75. The summed E-state index contributed by atoms with van der Waals surface area (Å²) in [6.45, 7) is 3.79. The summed E-state index contributed by atoms with van der Waals surface area (Å²) in [6, 6.07) is 2.29. The number of fused-ring (bicyclic) bond motifs is 1. The van der Waals surface area contributed by atoms with E-state index in [1.165, 1.54) is 10.7 Å². The SMILES string of the molecule is Cc1cc(Cl)n2ncnc(N3CC4(CC(N(NC5CC5)S(=O)[O-])C4)C3)c12.